The van der Waals surface area contributed by atoms with Crippen molar-refractivity contribution in [3.63, 3.8) is 0 Å². The first-order chi connectivity index (χ1) is 6.27. The van der Waals surface area contributed by atoms with Gasteiger partial charge in [0.1, 0.15) is 5.82 Å². The first-order valence-corrected chi connectivity index (χ1v) is 5.22. The van der Waals surface area contributed by atoms with Gasteiger partial charge in [0.15, 0.2) is 0 Å². The average molecular weight is 244 g/mol. The molecule has 13 heavy (non-hydrogen) atoms. The van der Waals surface area contributed by atoms with Gasteiger partial charge in [-0.15, -0.1) is 0 Å². The highest BCUT2D eigenvalue weighted by Gasteiger charge is 2.18. The number of benzene rings is 1. The number of hydrogen-bond acceptors (Lipinski definition) is 1. The molecule has 1 aromatic carbocycles. The third-order valence-electron chi connectivity index (χ3n) is 2.46. The van der Waals surface area contributed by atoms with Gasteiger partial charge in [-0.2, -0.15) is 0 Å². The van der Waals surface area contributed by atoms with Gasteiger partial charge in [0, 0.05) is 11.0 Å². The van der Waals surface area contributed by atoms with Crippen molar-refractivity contribution in [2.75, 3.05) is 13.1 Å². The molecule has 1 saturated heterocycles. The zero-order chi connectivity index (χ0) is 9.26. The lowest BCUT2D eigenvalue weighted by Crippen LogP contribution is -2.08. The monoisotopic (exact) mass is 243 g/mol. The molecule has 0 bridgehead atoms. The Bertz CT molecular complexity index is 308. The Kier molecular flexibility index (Phi) is 2.65. The third-order valence-corrected chi connectivity index (χ3v) is 3.15. The van der Waals surface area contributed by atoms with E-state index in [4.69, 9.17) is 0 Å². The van der Waals surface area contributed by atoms with E-state index >= 15 is 0 Å². The number of hydrogen-bond donors (Lipinski definition) is 1. The molecule has 3 heteroatoms. The van der Waals surface area contributed by atoms with Gasteiger partial charge in [-0.1, -0.05) is 22.0 Å². The summed E-state index contributed by atoms with van der Waals surface area (Å²) >= 11 is 3.39. The fourth-order valence-electron chi connectivity index (χ4n) is 1.75. The van der Waals surface area contributed by atoms with Gasteiger partial charge in [0.2, 0.25) is 0 Å². The zero-order valence-corrected chi connectivity index (χ0v) is 8.77. The molecule has 0 saturated carbocycles. The lowest BCUT2D eigenvalue weighted by atomic mass is 9.99. The van der Waals surface area contributed by atoms with Gasteiger partial charge in [0.05, 0.1) is 0 Å². The van der Waals surface area contributed by atoms with Gasteiger partial charge >= 0.3 is 0 Å². The number of halogens is 2. The van der Waals surface area contributed by atoms with E-state index in [2.05, 4.69) is 21.2 Å². The van der Waals surface area contributed by atoms with Gasteiger partial charge in [-0.25, -0.2) is 4.39 Å². The second kappa shape index (κ2) is 3.76. The van der Waals surface area contributed by atoms with E-state index in [9.17, 15) is 4.39 Å². The molecule has 1 nitrogen and oxygen atoms in total. The van der Waals surface area contributed by atoms with Gasteiger partial charge < -0.3 is 5.32 Å². The summed E-state index contributed by atoms with van der Waals surface area (Å²) in [6, 6.07) is 4.93. The molecule has 1 atom stereocenters. The summed E-state index contributed by atoms with van der Waals surface area (Å²) in [6.07, 6.45) is 1.14. The smallest absolute Gasteiger partial charge is 0.124 e. The Morgan fingerprint density at radius 2 is 2.31 bits per heavy atom. The van der Waals surface area contributed by atoms with E-state index in [0.717, 1.165) is 24.0 Å². The van der Waals surface area contributed by atoms with Crippen LogP contribution in [-0.4, -0.2) is 13.1 Å². The molecule has 70 valence electrons. The Morgan fingerprint density at radius 1 is 1.46 bits per heavy atom. The van der Waals surface area contributed by atoms with E-state index in [1.807, 2.05) is 6.07 Å². The average Bonchev–Trinajstić information content (AvgIpc) is 2.56. The Morgan fingerprint density at radius 3 is 2.92 bits per heavy atom. The van der Waals surface area contributed by atoms with Crippen LogP contribution in [0.4, 0.5) is 4.39 Å². The van der Waals surface area contributed by atoms with Crippen LogP contribution in [0.25, 0.3) is 0 Å². The van der Waals surface area contributed by atoms with Crippen molar-refractivity contribution < 1.29 is 4.39 Å². The summed E-state index contributed by atoms with van der Waals surface area (Å²) in [5, 5.41) is 3.30. The molecule has 0 aliphatic carbocycles. The standard InChI is InChI=1S/C10H11BrFN/c11-10-5-8(12)1-2-9(10)7-3-4-13-6-7/h1-2,5,7,13H,3-4,6H2/t7-/m1/s1. The summed E-state index contributed by atoms with van der Waals surface area (Å²) in [4.78, 5) is 0. The van der Waals surface area contributed by atoms with E-state index in [-0.39, 0.29) is 5.82 Å². The van der Waals surface area contributed by atoms with Crippen molar-refractivity contribution in [2.45, 2.75) is 12.3 Å². The topological polar surface area (TPSA) is 12.0 Å². The maximum atomic E-state index is 12.8. The van der Waals surface area contributed by atoms with Gasteiger partial charge in [0.25, 0.3) is 0 Å². The van der Waals surface area contributed by atoms with Crippen LogP contribution in [0, 0.1) is 5.82 Å². The maximum absolute atomic E-state index is 12.8. The van der Waals surface area contributed by atoms with Crippen molar-refractivity contribution in [1.29, 1.82) is 0 Å². The van der Waals surface area contributed by atoms with Crippen molar-refractivity contribution in [3.8, 4) is 0 Å². The Labute approximate surface area is 85.5 Å². The predicted octanol–water partition coefficient (Wildman–Crippen LogP) is 2.67. The molecule has 1 N–H and O–H groups in total. The molecular weight excluding hydrogens is 233 g/mol. The van der Waals surface area contributed by atoms with Crippen molar-refractivity contribution >= 4 is 15.9 Å². The highest BCUT2D eigenvalue weighted by molar-refractivity contribution is 9.10. The molecule has 0 radical (unpaired) electrons. The molecule has 1 heterocycles. The highest BCUT2D eigenvalue weighted by atomic mass is 79.9. The molecule has 0 spiro atoms. The second-order valence-corrected chi connectivity index (χ2v) is 4.21. The maximum Gasteiger partial charge on any atom is 0.124 e. The second-order valence-electron chi connectivity index (χ2n) is 3.36. The van der Waals surface area contributed by atoms with Gasteiger partial charge in [-0.05, 0) is 36.6 Å². The van der Waals surface area contributed by atoms with Crippen LogP contribution in [0.15, 0.2) is 22.7 Å². The van der Waals surface area contributed by atoms with Gasteiger partial charge in [-0.3, -0.25) is 0 Å². The minimum atomic E-state index is -0.179. The Hall–Kier alpha value is -0.410. The van der Waals surface area contributed by atoms with E-state index in [0.29, 0.717) is 5.92 Å². The van der Waals surface area contributed by atoms with Crippen molar-refractivity contribution in [2.24, 2.45) is 0 Å². The van der Waals surface area contributed by atoms with Crippen LogP contribution in [0.3, 0.4) is 0 Å². The van der Waals surface area contributed by atoms with Crippen LogP contribution in [0.2, 0.25) is 0 Å². The van der Waals surface area contributed by atoms with Crippen LogP contribution in [-0.2, 0) is 0 Å². The molecular formula is C10H11BrFN. The van der Waals surface area contributed by atoms with Crippen LogP contribution in [0.1, 0.15) is 17.9 Å². The minimum absolute atomic E-state index is 0.179. The normalized spacial score (nSPS) is 22.2. The summed E-state index contributed by atoms with van der Waals surface area (Å²) < 4.78 is 13.7. The minimum Gasteiger partial charge on any atom is -0.316 e. The molecule has 1 aliphatic rings. The fourth-order valence-corrected chi connectivity index (χ4v) is 2.43. The number of nitrogens with one attached hydrogen (secondary N) is 1. The quantitative estimate of drug-likeness (QED) is 0.800. The van der Waals surface area contributed by atoms with E-state index < -0.39 is 0 Å². The Balaban J connectivity index is 2.29. The van der Waals surface area contributed by atoms with Crippen LogP contribution >= 0.6 is 15.9 Å². The van der Waals surface area contributed by atoms with E-state index in [1.54, 1.807) is 0 Å². The first-order valence-electron chi connectivity index (χ1n) is 4.43. The number of rotatable bonds is 1. The molecule has 1 fully saturated rings. The molecule has 0 amide bonds. The predicted molar refractivity (Wildman–Crippen MR) is 54.3 cm³/mol. The van der Waals surface area contributed by atoms with Crippen LogP contribution in [0.5, 0.6) is 0 Å². The molecule has 0 unspecified atom stereocenters. The molecule has 1 aromatic rings. The lowest BCUT2D eigenvalue weighted by molar-refractivity contribution is 0.624. The first kappa shape index (κ1) is 9.16. The summed E-state index contributed by atoms with van der Waals surface area (Å²) in [5.41, 5.74) is 1.21. The highest BCUT2D eigenvalue weighted by Crippen LogP contribution is 2.29. The summed E-state index contributed by atoms with van der Waals surface area (Å²) in [7, 11) is 0. The lowest BCUT2D eigenvalue weighted by Gasteiger charge is -2.10. The fraction of sp³-hybridized carbons (Fsp3) is 0.400. The zero-order valence-electron chi connectivity index (χ0n) is 7.19. The summed E-state index contributed by atoms with van der Waals surface area (Å²) in [6.45, 7) is 2.07. The molecule has 1 aliphatic heterocycles. The SMILES string of the molecule is Fc1ccc([C@@H]2CCNC2)c(Br)c1. The largest absolute Gasteiger partial charge is 0.316 e. The summed E-state index contributed by atoms with van der Waals surface area (Å²) in [5.74, 6) is 0.358. The van der Waals surface area contributed by atoms with Crippen LogP contribution < -0.4 is 5.32 Å². The van der Waals surface area contributed by atoms with Crippen molar-refractivity contribution in [1.82, 2.24) is 5.32 Å². The molecule has 0 aromatic heterocycles. The van der Waals surface area contributed by atoms with E-state index in [1.165, 1.54) is 17.7 Å². The van der Waals surface area contributed by atoms with Crippen molar-refractivity contribution in [3.05, 3.63) is 34.1 Å². The molecule has 2 rings (SSSR count). The third kappa shape index (κ3) is 1.92.